The maximum absolute atomic E-state index is 13.9. The topological polar surface area (TPSA) is 161 Å². The summed E-state index contributed by atoms with van der Waals surface area (Å²) in [7, 11) is 0. The second-order valence-electron chi connectivity index (χ2n) is 11.2. The van der Waals surface area contributed by atoms with Crippen LogP contribution < -0.4 is 10.5 Å². The summed E-state index contributed by atoms with van der Waals surface area (Å²) >= 11 is 0. The Labute approximate surface area is 231 Å². The quantitative estimate of drug-likeness (QED) is 0.471. The summed E-state index contributed by atoms with van der Waals surface area (Å²) in [6.45, 7) is 3.70. The lowest BCUT2D eigenvalue weighted by atomic mass is 9.53. The van der Waals surface area contributed by atoms with Crippen LogP contribution in [0.4, 0.5) is 13.2 Å². The van der Waals surface area contributed by atoms with Crippen molar-refractivity contribution in [2.75, 3.05) is 0 Å². The lowest BCUT2D eigenvalue weighted by molar-refractivity contribution is -0.274. The third-order valence-corrected chi connectivity index (χ3v) is 8.46. The van der Waals surface area contributed by atoms with E-state index in [2.05, 4.69) is 4.74 Å². The van der Waals surface area contributed by atoms with Crippen LogP contribution in [-0.2, 0) is 25.6 Å². The van der Waals surface area contributed by atoms with Gasteiger partial charge in [0.25, 0.3) is 0 Å². The molecule has 5 atom stereocenters. The predicted molar refractivity (Wildman–Crippen MR) is 135 cm³/mol. The number of phenols is 1. The Kier molecular flexibility index (Phi) is 6.60. The number of hydrogen-bond donors (Lipinski definition) is 3. The van der Waals surface area contributed by atoms with E-state index in [1.807, 2.05) is 13.8 Å². The fourth-order valence-corrected chi connectivity index (χ4v) is 6.63. The van der Waals surface area contributed by atoms with Crippen LogP contribution in [0.15, 0.2) is 30.3 Å². The highest BCUT2D eigenvalue weighted by molar-refractivity contribution is 6.31. The lowest BCUT2D eigenvalue weighted by Gasteiger charge is -2.48. The number of ketones is 4. The van der Waals surface area contributed by atoms with Gasteiger partial charge in [-0.1, -0.05) is 26.0 Å². The first-order valence-electron chi connectivity index (χ1n) is 13.0. The summed E-state index contributed by atoms with van der Waals surface area (Å²) in [5.74, 6) is -11.9. The van der Waals surface area contributed by atoms with Crippen LogP contribution in [0.2, 0.25) is 0 Å². The fourth-order valence-electron chi connectivity index (χ4n) is 6.63. The van der Waals surface area contributed by atoms with E-state index in [4.69, 9.17) is 5.73 Å². The number of primary amides is 1. The highest BCUT2D eigenvalue weighted by Gasteiger charge is 2.66. The molecule has 0 aromatic heterocycles. The monoisotopic (exact) mass is 573 g/mol. The minimum Gasteiger partial charge on any atom is -0.507 e. The molecule has 0 heterocycles. The number of halogens is 3. The van der Waals surface area contributed by atoms with E-state index in [1.165, 1.54) is 12.1 Å². The van der Waals surface area contributed by atoms with Crippen LogP contribution in [0.5, 0.6) is 11.5 Å². The van der Waals surface area contributed by atoms with E-state index < -0.39 is 82.6 Å². The molecule has 2 aromatic carbocycles. The van der Waals surface area contributed by atoms with Gasteiger partial charge in [-0.3, -0.25) is 24.0 Å². The van der Waals surface area contributed by atoms with Crippen molar-refractivity contribution in [3.05, 3.63) is 47.0 Å². The van der Waals surface area contributed by atoms with Gasteiger partial charge in [-0.2, -0.15) is 0 Å². The zero-order chi connectivity index (χ0) is 30.2. The van der Waals surface area contributed by atoms with Crippen LogP contribution >= 0.6 is 0 Å². The van der Waals surface area contributed by atoms with Crippen molar-refractivity contribution in [2.24, 2.45) is 29.4 Å². The number of hydrogen-bond acceptors (Lipinski definition) is 8. The van der Waals surface area contributed by atoms with Gasteiger partial charge in [-0.15, -0.1) is 13.2 Å². The molecule has 2 saturated carbocycles. The Morgan fingerprint density at radius 2 is 1.71 bits per heavy atom. The number of Topliss-reactive ketones (excluding diaryl/α,β-unsaturated/α-hetero) is 4. The average molecular weight is 574 g/mol. The summed E-state index contributed by atoms with van der Waals surface area (Å²) in [5, 5.41) is 22.7. The number of rotatable bonds is 4. The molecular formula is C29H26F3NO8. The van der Waals surface area contributed by atoms with Gasteiger partial charge in [0.05, 0.1) is 11.5 Å². The normalized spacial score (nSPS) is 27.8. The third kappa shape index (κ3) is 4.41. The smallest absolute Gasteiger partial charge is 0.507 e. The van der Waals surface area contributed by atoms with Crippen molar-refractivity contribution in [3.8, 4) is 22.6 Å². The minimum atomic E-state index is -4.90. The standard InChI is InChI=1S/C29H26F3NO8/c1-11(2)16-10-17(12-3-5-15(6-4-12)41-29(30,31)32)23(35)21-18(16)8-13-7-14-9-19(34)22(27(33)39)26(38)28(14,40)25(37)20(13)24(21)36/h3-6,10-11,13-14,20,22,35,40H,7-9H2,1-2H3,(H2,33,39)/t13-,14+,20?,22?,28+/m1/s1. The zero-order valence-electron chi connectivity index (χ0n) is 21.9. The number of fused-ring (bicyclic) bond motifs is 3. The van der Waals surface area contributed by atoms with Gasteiger partial charge >= 0.3 is 6.36 Å². The molecule has 2 aromatic rings. The summed E-state index contributed by atoms with van der Waals surface area (Å²) in [6, 6.07) is 6.31. The number of aromatic hydroxyl groups is 1. The number of ether oxygens (including phenoxy) is 1. The molecule has 12 heteroatoms. The first kappa shape index (κ1) is 28.5. The van der Waals surface area contributed by atoms with Crippen molar-refractivity contribution >= 4 is 29.0 Å². The summed E-state index contributed by atoms with van der Waals surface area (Å²) in [4.78, 5) is 65.1. The van der Waals surface area contributed by atoms with Crippen LogP contribution in [0.25, 0.3) is 11.1 Å². The van der Waals surface area contributed by atoms with E-state index in [9.17, 15) is 47.4 Å². The van der Waals surface area contributed by atoms with Crippen molar-refractivity contribution < 1.29 is 52.1 Å². The van der Waals surface area contributed by atoms with E-state index in [0.717, 1.165) is 12.1 Å². The Morgan fingerprint density at radius 1 is 1.07 bits per heavy atom. The first-order valence-corrected chi connectivity index (χ1v) is 13.0. The summed E-state index contributed by atoms with van der Waals surface area (Å²) in [6.07, 6.45) is -5.22. The molecule has 0 aliphatic heterocycles. The molecule has 1 amide bonds. The Hall–Kier alpha value is -4.06. The number of carbonyl (C=O) groups excluding carboxylic acids is 5. The van der Waals surface area contributed by atoms with E-state index in [1.54, 1.807) is 6.07 Å². The molecule has 3 aliphatic rings. The van der Waals surface area contributed by atoms with Gasteiger partial charge in [-0.05, 0) is 59.6 Å². The number of phenolic OH excluding ortho intramolecular Hbond substituents is 1. The van der Waals surface area contributed by atoms with Crippen LogP contribution in [0, 0.1) is 23.7 Å². The molecule has 0 saturated heterocycles. The molecule has 0 spiro atoms. The molecule has 5 rings (SSSR count). The molecule has 4 N–H and O–H groups in total. The second kappa shape index (κ2) is 9.51. The van der Waals surface area contributed by atoms with Crippen LogP contribution in [0.1, 0.15) is 54.1 Å². The average Bonchev–Trinajstić information content (AvgIpc) is 2.85. The molecule has 9 nitrogen and oxygen atoms in total. The molecule has 2 unspecified atom stereocenters. The van der Waals surface area contributed by atoms with Crippen molar-refractivity contribution in [3.63, 3.8) is 0 Å². The zero-order valence-corrected chi connectivity index (χ0v) is 21.9. The van der Waals surface area contributed by atoms with Gasteiger partial charge in [0.2, 0.25) is 5.91 Å². The maximum atomic E-state index is 13.9. The van der Waals surface area contributed by atoms with Crippen molar-refractivity contribution in [1.29, 1.82) is 0 Å². The highest BCUT2D eigenvalue weighted by atomic mass is 19.4. The Balaban J connectivity index is 1.60. The maximum Gasteiger partial charge on any atom is 0.573 e. The number of aliphatic hydroxyl groups is 1. The highest BCUT2D eigenvalue weighted by Crippen LogP contribution is 2.52. The van der Waals surface area contributed by atoms with Gasteiger partial charge in [-0.25, -0.2) is 0 Å². The van der Waals surface area contributed by atoms with Gasteiger partial charge in [0, 0.05) is 17.9 Å². The second-order valence-corrected chi connectivity index (χ2v) is 11.2. The third-order valence-electron chi connectivity index (χ3n) is 8.46. The van der Waals surface area contributed by atoms with Crippen LogP contribution in [0.3, 0.4) is 0 Å². The fraction of sp³-hybridized carbons (Fsp3) is 0.414. The SMILES string of the molecule is CC(C)c1cc(-c2ccc(OC(F)(F)F)cc2)c(O)c2c1C[C@H]1C[C@H]3CC(=O)C(C(N)=O)C(=O)[C@@]3(O)C(=O)C1C2=O. The molecule has 0 radical (unpaired) electrons. The van der Waals surface area contributed by atoms with Crippen molar-refractivity contribution in [2.45, 2.75) is 51.0 Å². The molecular weight excluding hydrogens is 547 g/mol. The lowest BCUT2D eigenvalue weighted by Crippen LogP contribution is -2.68. The molecule has 41 heavy (non-hydrogen) atoms. The molecule has 3 aliphatic carbocycles. The van der Waals surface area contributed by atoms with E-state index in [-0.39, 0.29) is 35.4 Å². The Bertz CT molecular complexity index is 1510. The van der Waals surface area contributed by atoms with Gasteiger partial charge in [0.1, 0.15) is 11.5 Å². The predicted octanol–water partition coefficient (Wildman–Crippen LogP) is 3.02. The molecule has 216 valence electrons. The Morgan fingerprint density at radius 3 is 2.27 bits per heavy atom. The number of benzene rings is 2. The number of alkyl halides is 3. The minimum absolute atomic E-state index is 0.0260. The largest absolute Gasteiger partial charge is 0.573 e. The number of carbonyl (C=O) groups is 5. The van der Waals surface area contributed by atoms with Gasteiger partial charge in [0.15, 0.2) is 34.7 Å². The van der Waals surface area contributed by atoms with Crippen molar-refractivity contribution in [1.82, 2.24) is 0 Å². The molecule has 2 fully saturated rings. The first-order chi connectivity index (χ1) is 19.1. The van der Waals surface area contributed by atoms with E-state index >= 15 is 0 Å². The van der Waals surface area contributed by atoms with Crippen LogP contribution in [-0.4, -0.2) is 51.2 Å². The number of amides is 1. The summed E-state index contributed by atoms with van der Waals surface area (Å²) < 4.78 is 41.7. The number of nitrogens with two attached hydrogens (primary N) is 1. The van der Waals surface area contributed by atoms with Gasteiger partial charge < -0.3 is 20.7 Å². The summed E-state index contributed by atoms with van der Waals surface area (Å²) in [5.41, 5.74) is 3.81. The van der Waals surface area contributed by atoms with E-state index in [0.29, 0.717) is 11.1 Å². The molecule has 0 bridgehead atoms.